The van der Waals surface area contributed by atoms with Crippen molar-refractivity contribution < 1.29 is 14.5 Å². The van der Waals surface area contributed by atoms with E-state index in [2.05, 4.69) is 22.4 Å². The maximum atomic E-state index is 11.9. The predicted molar refractivity (Wildman–Crippen MR) is 97.5 cm³/mol. The van der Waals surface area contributed by atoms with Gasteiger partial charge in [0.25, 0.3) is 11.6 Å². The highest BCUT2D eigenvalue weighted by atomic mass is 32.2. The summed E-state index contributed by atoms with van der Waals surface area (Å²) in [6.07, 6.45) is 2.23. The van der Waals surface area contributed by atoms with E-state index in [0.29, 0.717) is 16.4 Å². The minimum Gasteiger partial charge on any atom is -0.483 e. The van der Waals surface area contributed by atoms with Crippen LogP contribution in [0.25, 0.3) is 0 Å². The van der Waals surface area contributed by atoms with Crippen molar-refractivity contribution in [2.75, 3.05) is 17.7 Å². The van der Waals surface area contributed by atoms with Gasteiger partial charge in [-0.05, 0) is 25.0 Å². The van der Waals surface area contributed by atoms with Crippen LogP contribution in [0.2, 0.25) is 0 Å². The summed E-state index contributed by atoms with van der Waals surface area (Å²) in [4.78, 5) is 22.2. The third-order valence-electron chi connectivity index (χ3n) is 3.10. The minimum absolute atomic E-state index is 0.0173. The molecule has 0 radical (unpaired) electrons. The van der Waals surface area contributed by atoms with E-state index in [9.17, 15) is 14.9 Å². The van der Waals surface area contributed by atoms with Gasteiger partial charge in [-0.25, -0.2) is 0 Å². The standard InChI is InChI=1S/C15H18N4O4S2/c1-3-4-7-24-15-18-17-14(25-15)16-13(20)9-23-12-6-5-11(19(21)22)8-10(12)2/h5-6,8H,3-4,7,9H2,1-2H3,(H,16,17,20). The Morgan fingerprint density at radius 1 is 1.44 bits per heavy atom. The summed E-state index contributed by atoms with van der Waals surface area (Å²) >= 11 is 2.94. The number of nitro groups is 1. The SMILES string of the molecule is CCCCSc1nnc(NC(=O)COc2ccc([N+](=O)[O-])cc2C)s1. The Balaban J connectivity index is 1.83. The molecule has 25 heavy (non-hydrogen) atoms. The fraction of sp³-hybridized carbons (Fsp3) is 0.400. The molecule has 1 heterocycles. The van der Waals surface area contributed by atoms with Gasteiger partial charge in [-0.2, -0.15) is 0 Å². The second-order valence-electron chi connectivity index (χ2n) is 5.12. The quantitative estimate of drug-likeness (QED) is 0.232. The number of rotatable bonds is 9. The summed E-state index contributed by atoms with van der Waals surface area (Å²) in [5.41, 5.74) is 0.573. The van der Waals surface area contributed by atoms with Gasteiger partial charge in [-0.15, -0.1) is 10.2 Å². The zero-order chi connectivity index (χ0) is 18.2. The van der Waals surface area contributed by atoms with Crippen LogP contribution >= 0.6 is 23.1 Å². The van der Waals surface area contributed by atoms with Gasteiger partial charge in [0.2, 0.25) is 5.13 Å². The van der Waals surface area contributed by atoms with Crippen molar-refractivity contribution in [3.63, 3.8) is 0 Å². The highest BCUT2D eigenvalue weighted by Crippen LogP contribution is 2.26. The van der Waals surface area contributed by atoms with Crippen LogP contribution in [0, 0.1) is 17.0 Å². The number of nitro benzene ring substituents is 1. The first-order valence-corrected chi connectivity index (χ1v) is 9.43. The van der Waals surface area contributed by atoms with Crippen LogP contribution < -0.4 is 10.1 Å². The van der Waals surface area contributed by atoms with Crippen molar-refractivity contribution in [3.05, 3.63) is 33.9 Å². The summed E-state index contributed by atoms with van der Waals surface area (Å²) in [6, 6.07) is 4.22. The molecule has 0 atom stereocenters. The number of non-ortho nitro benzene ring substituents is 1. The van der Waals surface area contributed by atoms with Crippen LogP contribution in [-0.2, 0) is 4.79 Å². The maximum Gasteiger partial charge on any atom is 0.269 e. The van der Waals surface area contributed by atoms with Gasteiger partial charge in [0.05, 0.1) is 4.92 Å². The Morgan fingerprint density at radius 2 is 2.24 bits per heavy atom. The number of hydrogen-bond donors (Lipinski definition) is 1. The van der Waals surface area contributed by atoms with Gasteiger partial charge in [0.1, 0.15) is 5.75 Å². The molecule has 2 aromatic rings. The van der Waals surface area contributed by atoms with Crippen molar-refractivity contribution in [3.8, 4) is 5.75 Å². The first-order chi connectivity index (χ1) is 12.0. The van der Waals surface area contributed by atoms with E-state index in [1.54, 1.807) is 18.7 Å². The summed E-state index contributed by atoms with van der Waals surface area (Å²) in [7, 11) is 0. The molecule has 0 saturated heterocycles. The normalized spacial score (nSPS) is 10.5. The van der Waals surface area contributed by atoms with Gasteiger partial charge in [0, 0.05) is 17.9 Å². The number of aryl methyl sites for hydroxylation is 1. The average molecular weight is 382 g/mol. The third kappa shape index (κ3) is 5.98. The fourth-order valence-corrected chi connectivity index (χ4v) is 3.75. The van der Waals surface area contributed by atoms with E-state index < -0.39 is 4.92 Å². The molecule has 0 spiro atoms. The molecule has 1 aromatic carbocycles. The Hall–Kier alpha value is -2.20. The molecule has 0 aliphatic heterocycles. The lowest BCUT2D eigenvalue weighted by Gasteiger charge is -2.08. The average Bonchev–Trinajstić information content (AvgIpc) is 3.01. The molecule has 0 fully saturated rings. The van der Waals surface area contributed by atoms with Crippen LogP contribution in [0.15, 0.2) is 22.5 Å². The van der Waals surface area contributed by atoms with Crippen molar-refractivity contribution in [1.82, 2.24) is 10.2 Å². The number of aromatic nitrogens is 2. The molecule has 10 heteroatoms. The molecular formula is C15H18N4O4S2. The Labute approximate surface area is 153 Å². The Bertz CT molecular complexity index is 751. The first kappa shape index (κ1) is 19.1. The number of anilines is 1. The van der Waals surface area contributed by atoms with Crippen LogP contribution in [0.1, 0.15) is 25.3 Å². The van der Waals surface area contributed by atoms with Gasteiger partial charge in [-0.1, -0.05) is 36.4 Å². The molecule has 8 nitrogen and oxygen atoms in total. The highest BCUT2D eigenvalue weighted by molar-refractivity contribution is 8.01. The molecule has 134 valence electrons. The van der Waals surface area contributed by atoms with E-state index in [1.165, 1.54) is 29.5 Å². The number of unbranched alkanes of at least 4 members (excludes halogenated alkanes) is 1. The number of nitrogens with one attached hydrogen (secondary N) is 1. The molecular weight excluding hydrogens is 364 g/mol. The maximum absolute atomic E-state index is 11.9. The molecule has 1 amide bonds. The number of amides is 1. The zero-order valence-electron chi connectivity index (χ0n) is 13.9. The molecule has 1 aromatic heterocycles. The number of carbonyl (C=O) groups is 1. The lowest BCUT2D eigenvalue weighted by Crippen LogP contribution is -2.20. The van der Waals surface area contributed by atoms with Crippen molar-refractivity contribution in [1.29, 1.82) is 0 Å². The van der Waals surface area contributed by atoms with Crippen molar-refractivity contribution in [2.45, 2.75) is 31.0 Å². The number of thioether (sulfide) groups is 1. The van der Waals surface area contributed by atoms with Gasteiger partial charge in [-0.3, -0.25) is 20.2 Å². The van der Waals surface area contributed by atoms with Crippen LogP contribution in [0.3, 0.4) is 0 Å². The Kier molecular flexibility index (Phi) is 7.14. The number of carbonyl (C=O) groups excluding carboxylic acids is 1. The van der Waals surface area contributed by atoms with E-state index in [-0.39, 0.29) is 18.2 Å². The molecule has 2 rings (SSSR count). The zero-order valence-corrected chi connectivity index (χ0v) is 15.5. The van der Waals surface area contributed by atoms with Gasteiger partial charge >= 0.3 is 0 Å². The third-order valence-corrected chi connectivity index (χ3v) is 5.16. The summed E-state index contributed by atoms with van der Waals surface area (Å²) in [5.74, 6) is 1.04. The van der Waals surface area contributed by atoms with Gasteiger partial charge in [0.15, 0.2) is 10.9 Å². The van der Waals surface area contributed by atoms with Crippen molar-refractivity contribution >= 4 is 39.8 Å². The predicted octanol–water partition coefficient (Wildman–Crippen LogP) is 3.66. The van der Waals surface area contributed by atoms with E-state index in [0.717, 1.165) is 22.9 Å². The van der Waals surface area contributed by atoms with E-state index in [1.807, 2.05) is 0 Å². The number of hydrogen-bond acceptors (Lipinski definition) is 8. The van der Waals surface area contributed by atoms with E-state index in [4.69, 9.17) is 4.74 Å². The summed E-state index contributed by atoms with van der Waals surface area (Å²) in [5, 5.41) is 21.7. The minimum atomic E-state index is -0.477. The number of benzene rings is 1. The van der Waals surface area contributed by atoms with E-state index >= 15 is 0 Å². The largest absolute Gasteiger partial charge is 0.483 e. The molecule has 1 N–H and O–H groups in total. The summed E-state index contributed by atoms with van der Waals surface area (Å²) in [6.45, 7) is 3.60. The summed E-state index contributed by atoms with van der Waals surface area (Å²) < 4.78 is 6.22. The van der Waals surface area contributed by atoms with Crippen LogP contribution in [-0.4, -0.2) is 33.4 Å². The smallest absolute Gasteiger partial charge is 0.269 e. The van der Waals surface area contributed by atoms with Crippen LogP contribution in [0.5, 0.6) is 5.75 Å². The molecule has 0 unspecified atom stereocenters. The fourth-order valence-electron chi connectivity index (χ4n) is 1.83. The molecule has 0 bridgehead atoms. The number of nitrogens with zero attached hydrogens (tertiary/aromatic N) is 3. The van der Waals surface area contributed by atoms with Crippen molar-refractivity contribution in [2.24, 2.45) is 0 Å². The monoisotopic (exact) mass is 382 g/mol. The molecule has 0 saturated carbocycles. The first-order valence-electron chi connectivity index (χ1n) is 7.63. The molecule has 0 aliphatic rings. The second kappa shape index (κ2) is 9.33. The number of ether oxygens (including phenoxy) is 1. The van der Waals surface area contributed by atoms with Crippen LogP contribution in [0.4, 0.5) is 10.8 Å². The van der Waals surface area contributed by atoms with Gasteiger partial charge < -0.3 is 4.74 Å². The Morgan fingerprint density at radius 3 is 2.92 bits per heavy atom. The lowest BCUT2D eigenvalue weighted by molar-refractivity contribution is -0.384. The lowest BCUT2D eigenvalue weighted by atomic mass is 10.2. The topological polar surface area (TPSA) is 107 Å². The highest BCUT2D eigenvalue weighted by Gasteiger charge is 2.12. The molecule has 0 aliphatic carbocycles. The second-order valence-corrected chi connectivity index (χ2v) is 7.44.